The van der Waals surface area contributed by atoms with Gasteiger partial charge in [-0.1, -0.05) is 18.2 Å². The van der Waals surface area contributed by atoms with Crippen molar-refractivity contribution in [1.29, 1.82) is 0 Å². The smallest absolute Gasteiger partial charge is 0.243 e. The van der Waals surface area contributed by atoms with Crippen LogP contribution in [0.3, 0.4) is 0 Å². The quantitative estimate of drug-likeness (QED) is 0.639. The van der Waals surface area contributed by atoms with Crippen molar-refractivity contribution in [2.45, 2.75) is 11.4 Å². The van der Waals surface area contributed by atoms with E-state index in [0.29, 0.717) is 11.5 Å². The summed E-state index contributed by atoms with van der Waals surface area (Å²) in [7, 11) is 1.09. The van der Waals surface area contributed by atoms with E-state index < -0.39 is 10.0 Å². The van der Waals surface area contributed by atoms with Crippen molar-refractivity contribution >= 4 is 32.6 Å². The first-order valence-corrected chi connectivity index (χ1v) is 9.33. The van der Waals surface area contributed by atoms with Crippen LogP contribution in [0.1, 0.15) is 5.56 Å². The van der Waals surface area contributed by atoms with Gasteiger partial charge >= 0.3 is 0 Å². The fraction of sp³-hybridized carbons (Fsp3) is 0.250. The normalized spacial score (nSPS) is 11.5. The lowest BCUT2D eigenvalue weighted by Gasteiger charge is -2.19. The lowest BCUT2D eigenvalue weighted by molar-refractivity contribution is 0.398. The summed E-state index contributed by atoms with van der Waals surface area (Å²) in [6, 6.07) is 12.2. The second-order valence-electron chi connectivity index (χ2n) is 4.87. The van der Waals surface area contributed by atoms with Crippen molar-refractivity contribution in [2.24, 2.45) is 0 Å². The zero-order valence-corrected chi connectivity index (χ0v) is 16.1. The van der Waals surface area contributed by atoms with Crippen LogP contribution in [-0.2, 0) is 16.6 Å². The van der Waals surface area contributed by atoms with Crippen LogP contribution < -0.4 is 9.47 Å². The van der Waals surface area contributed by atoms with Crippen molar-refractivity contribution < 1.29 is 17.9 Å². The van der Waals surface area contributed by atoms with E-state index in [1.807, 2.05) is 24.3 Å². The summed E-state index contributed by atoms with van der Waals surface area (Å²) in [5.74, 6) is 1.32. The number of nitrogens with zero attached hydrogens (tertiary/aromatic N) is 1. The molecule has 0 spiro atoms. The summed E-state index contributed by atoms with van der Waals surface area (Å²) in [5, 5.41) is 0. The number of methoxy groups -OCH3 is 2. The minimum Gasteiger partial charge on any atom is -0.496 e. The maximum Gasteiger partial charge on any atom is 0.243 e. The minimum absolute atomic E-state index is 0.231. The SMILES string of the molecule is COc1ccc(S(=O)(=O)N(C)Cc2ccccc2OC)cc1I. The first-order chi connectivity index (χ1) is 10.9. The molecule has 0 aromatic heterocycles. The second-order valence-corrected chi connectivity index (χ2v) is 8.08. The first-order valence-electron chi connectivity index (χ1n) is 6.82. The zero-order valence-electron chi connectivity index (χ0n) is 13.1. The molecular weight excluding hydrogens is 429 g/mol. The van der Waals surface area contributed by atoms with E-state index in [0.717, 1.165) is 9.13 Å². The highest BCUT2D eigenvalue weighted by Crippen LogP contribution is 2.27. The Kier molecular flexibility index (Phi) is 5.88. The third-order valence-electron chi connectivity index (χ3n) is 3.42. The molecule has 0 fully saturated rings. The highest BCUT2D eigenvalue weighted by atomic mass is 127. The molecule has 2 aromatic carbocycles. The number of para-hydroxylation sites is 1. The van der Waals surface area contributed by atoms with Gasteiger partial charge in [0.15, 0.2) is 0 Å². The van der Waals surface area contributed by atoms with Crippen molar-refractivity contribution in [2.75, 3.05) is 21.3 Å². The average Bonchev–Trinajstić information content (AvgIpc) is 2.55. The molecule has 23 heavy (non-hydrogen) atoms. The summed E-state index contributed by atoms with van der Waals surface area (Å²) in [5.41, 5.74) is 0.810. The van der Waals surface area contributed by atoms with E-state index in [2.05, 4.69) is 22.6 Å². The van der Waals surface area contributed by atoms with Gasteiger partial charge in [-0.3, -0.25) is 0 Å². The van der Waals surface area contributed by atoms with Gasteiger partial charge in [0, 0.05) is 19.2 Å². The van der Waals surface area contributed by atoms with Crippen molar-refractivity contribution in [3.05, 3.63) is 51.6 Å². The van der Waals surface area contributed by atoms with Gasteiger partial charge in [0.05, 0.1) is 22.7 Å². The molecule has 0 heterocycles. The monoisotopic (exact) mass is 447 g/mol. The molecule has 0 amide bonds. The van der Waals surface area contributed by atoms with Gasteiger partial charge in [0.25, 0.3) is 0 Å². The van der Waals surface area contributed by atoms with Crippen LogP contribution in [-0.4, -0.2) is 34.0 Å². The molecule has 7 heteroatoms. The van der Waals surface area contributed by atoms with Gasteiger partial charge in [-0.25, -0.2) is 8.42 Å². The van der Waals surface area contributed by atoms with Gasteiger partial charge in [0.2, 0.25) is 10.0 Å². The topological polar surface area (TPSA) is 55.8 Å². The van der Waals surface area contributed by atoms with Gasteiger partial charge in [-0.2, -0.15) is 4.31 Å². The summed E-state index contributed by atoms with van der Waals surface area (Å²) in [6.45, 7) is 0.231. The number of sulfonamides is 1. The Morgan fingerprint density at radius 1 is 1.04 bits per heavy atom. The molecule has 0 atom stereocenters. The molecule has 0 N–H and O–H groups in total. The summed E-state index contributed by atoms with van der Waals surface area (Å²) in [4.78, 5) is 0.236. The maximum absolute atomic E-state index is 12.7. The van der Waals surface area contributed by atoms with E-state index in [4.69, 9.17) is 9.47 Å². The zero-order chi connectivity index (χ0) is 17.0. The predicted molar refractivity (Wildman–Crippen MR) is 97.4 cm³/mol. The van der Waals surface area contributed by atoms with E-state index in [1.165, 1.54) is 4.31 Å². The van der Waals surface area contributed by atoms with Gasteiger partial charge in [0.1, 0.15) is 11.5 Å². The Morgan fingerprint density at radius 2 is 1.70 bits per heavy atom. The van der Waals surface area contributed by atoms with Crippen LogP contribution in [0.4, 0.5) is 0 Å². The van der Waals surface area contributed by atoms with Crippen LogP contribution in [0.2, 0.25) is 0 Å². The molecule has 2 aromatic rings. The largest absolute Gasteiger partial charge is 0.496 e. The third-order valence-corrected chi connectivity index (χ3v) is 6.06. The van der Waals surface area contributed by atoms with E-state index in [1.54, 1.807) is 39.5 Å². The molecule has 0 saturated carbocycles. The number of halogens is 1. The Balaban J connectivity index is 2.30. The third kappa shape index (κ3) is 3.96. The fourth-order valence-electron chi connectivity index (χ4n) is 2.15. The van der Waals surface area contributed by atoms with E-state index >= 15 is 0 Å². The number of hydrogen-bond donors (Lipinski definition) is 0. The number of hydrogen-bond acceptors (Lipinski definition) is 4. The predicted octanol–water partition coefficient (Wildman–Crippen LogP) is 3.13. The molecule has 2 rings (SSSR count). The molecule has 0 unspecified atom stereocenters. The van der Waals surface area contributed by atoms with Crippen LogP contribution >= 0.6 is 22.6 Å². The van der Waals surface area contributed by atoms with Crippen LogP contribution in [0, 0.1) is 3.57 Å². The van der Waals surface area contributed by atoms with Crippen molar-refractivity contribution in [3.8, 4) is 11.5 Å². The van der Waals surface area contributed by atoms with Crippen molar-refractivity contribution in [1.82, 2.24) is 4.31 Å². The summed E-state index contributed by atoms with van der Waals surface area (Å²) in [6.07, 6.45) is 0. The molecule has 0 aliphatic rings. The molecule has 124 valence electrons. The summed E-state index contributed by atoms with van der Waals surface area (Å²) >= 11 is 2.06. The molecule has 0 bridgehead atoms. The Morgan fingerprint density at radius 3 is 2.30 bits per heavy atom. The molecular formula is C16H18INO4S. The molecule has 0 aliphatic carbocycles. The average molecular weight is 447 g/mol. The summed E-state index contributed by atoms with van der Waals surface area (Å²) < 4.78 is 38.0. The lowest BCUT2D eigenvalue weighted by Crippen LogP contribution is -2.26. The van der Waals surface area contributed by atoms with E-state index in [-0.39, 0.29) is 11.4 Å². The fourth-order valence-corrected chi connectivity index (χ4v) is 4.27. The minimum atomic E-state index is -3.59. The number of ether oxygens (including phenoxy) is 2. The first kappa shape index (κ1) is 18.0. The highest BCUT2D eigenvalue weighted by molar-refractivity contribution is 14.1. The van der Waals surface area contributed by atoms with Crippen LogP contribution in [0.15, 0.2) is 47.4 Å². The maximum atomic E-state index is 12.7. The lowest BCUT2D eigenvalue weighted by atomic mass is 10.2. The number of benzene rings is 2. The molecule has 0 aliphatic heterocycles. The van der Waals surface area contributed by atoms with Gasteiger partial charge < -0.3 is 9.47 Å². The Labute approximate surface area is 150 Å². The number of rotatable bonds is 6. The molecule has 5 nitrogen and oxygen atoms in total. The van der Waals surface area contributed by atoms with Crippen molar-refractivity contribution in [3.63, 3.8) is 0 Å². The second kappa shape index (κ2) is 7.50. The van der Waals surface area contributed by atoms with Gasteiger partial charge in [-0.15, -0.1) is 0 Å². The molecule has 0 saturated heterocycles. The van der Waals surface area contributed by atoms with Crippen LogP contribution in [0.25, 0.3) is 0 Å². The Bertz CT molecular complexity index is 792. The molecule has 0 radical (unpaired) electrons. The van der Waals surface area contributed by atoms with Gasteiger partial charge in [-0.05, 0) is 46.9 Å². The standard InChI is InChI=1S/C16H18INO4S/c1-18(11-12-6-4-5-7-15(12)21-2)23(19,20)13-8-9-16(22-3)14(17)10-13/h4-10H,11H2,1-3H3. The Hall–Kier alpha value is -1.32. The van der Waals surface area contributed by atoms with Crippen LogP contribution in [0.5, 0.6) is 11.5 Å². The highest BCUT2D eigenvalue weighted by Gasteiger charge is 2.22. The van der Waals surface area contributed by atoms with E-state index in [9.17, 15) is 8.42 Å².